The van der Waals surface area contributed by atoms with Crippen LogP contribution in [-0.2, 0) is 9.53 Å². The second kappa shape index (κ2) is 4.72. The van der Waals surface area contributed by atoms with Gasteiger partial charge in [-0.05, 0) is 43.4 Å². The molecule has 17 heavy (non-hydrogen) atoms. The van der Waals surface area contributed by atoms with Gasteiger partial charge in [0.15, 0.2) is 0 Å². The monoisotopic (exact) mass is 238 g/mol. The topological polar surface area (TPSA) is 26.3 Å². The first-order valence-electron chi connectivity index (χ1n) is 7.04. The Morgan fingerprint density at radius 1 is 1.47 bits per heavy atom. The summed E-state index contributed by atoms with van der Waals surface area (Å²) in [6.45, 7) is 7.60. The van der Waals surface area contributed by atoms with Crippen molar-refractivity contribution in [3.05, 3.63) is 0 Å². The van der Waals surface area contributed by atoms with Crippen molar-refractivity contribution in [1.82, 2.24) is 0 Å². The number of ether oxygens (including phenoxy) is 1. The summed E-state index contributed by atoms with van der Waals surface area (Å²) in [6, 6.07) is 0. The molecule has 2 fully saturated rings. The minimum absolute atomic E-state index is 0.0189. The van der Waals surface area contributed by atoms with E-state index in [1.165, 1.54) is 6.42 Å². The zero-order valence-corrected chi connectivity index (χ0v) is 11.7. The molecule has 0 aromatic rings. The molecule has 2 aliphatic rings. The van der Waals surface area contributed by atoms with Crippen molar-refractivity contribution in [1.29, 1.82) is 0 Å². The highest BCUT2D eigenvalue weighted by Crippen LogP contribution is 2.62. The lowest BCUT2D eigenvalue weighted by Gasteiger charge is -2.31. The summed E-state index contributed by atoms with van der Waals surface area (Å²) in [5, 5.41) is 0. The Kier molecular flexibility index (Phi) is 3.63. The summed E-state index contributed by atoms with van der Waals surface area (Å²) in [5.74, 6) is 3.00. The van der Waals surface area contributed by atoms with Crippen molar-refractivity contribution < 1.29 is 9.53 Å². The highest BCUT2D eigenvalue weighted by Gasteiger charge is 2.62. The molecule has 0 bridgehead atoms. The summed E-state index contributed by atoms with van der Waals surface area (Å²) in [7, 11) is 1.75. The molecule has 0 heterocycles. The Balaban J connectivity index is 1.84. The van der Waals surface area contributed by atoms with Crippen LogP contribution in [0.3, 0.4) is 0 Å². The van der Waals surface area contributed by atoms with Gasteiger partial charge in [0, 0.05) is 25.0 Å². The van der Waals surface area contributed by atoms with E-state index in [1.807, 2.05) is 0 Å². The van der Waals surface area contributed by atoms with Crippen LogP contribution in [0, 0.1) is 29.1 Å². The van der Waals surface area contributed by atoms with Crippen LogP contribution in [0.5, 0.6) is 0 Å². The summed E-state index contributed by atoms with van der Waals surface area (Å²) in [4.78, 5) is 12.3. The minimum Gasteiger partial charge on any atom is -0.385 e. The third-order valence-electron chi connectivity index (χ3n) is 5.36. The largest absolute Gasteiger partial charge is 0.385 e. The number of carbonyl (C=O) groups is 1. The van der Waals surface area contributed by atoms with E-state index in [0.29, 0.717) is 23.5 Å². The van der Waals surface area contributed by atoms with Gasteiger partial charge in [-0.15, -0.1) is 0 Å². The van der Waals surface area contributed by atoms with Gasteiger partial charge in [0.05, 0.1) is 0 Å². The van der Waals surface area contributed by atoms with E-state index < -0.39 is 0 Å². The maximum Gasteiger partial charge on any atom is 0.142 e. The van der Waals surface area contributed by atoms with Crippen molar-refractivity contribution >= 4 is 5.78 Å². The molecule has 0 aliphatic heterocycles. The van der Waals surface area contributed by atoms with Gasteiger partial charge in [-0.3, -0.25) is 4.79 Å². The lowest BCUT2D eigenvalue weighted by Crippen LogP contribution is -2.31. The molecular formula is C15H26O2. The number of hydrogen-bond acceptors (Lipinski definition) is 2. The van der Waals surface area contributed by atoms with E-state index >= 15 is 0 Å². The fraction of sp³-hybridized carbons (Fsp3) is 0.933. The fourth-order valence-electron chi connectivity index (χ4n) is 3.55. The molecule has 0 spiro atoms. The first kappa shape index (κ1) is 13.1. The van der Waals surface area contributed by atoms with Crippen LogP contribution >= 0.6 is 0 Å². The molecule has 2 nitrogen and oxygen atoms in total. The zero-order valence-electron chi connectivity index (χ0n) is 11.7. The molecular weight excluding hydrogens is 212 g/mol. The van der Waals surface area contributed by atoms with Gasteiger partial charge in [-0.2, -0.15) is 0 Å². The quantitative estimate of drug-likeness (QED) is 0.709. The molecule has 5 atom stereocenters. The first-order chi connectivity index (χ1) is 8.00. The smallest absolute Gasteiger partial charge is 0.142 e. The Morgan fingerprint density at radius 3 is 2.71 bits per heavy atom. The van der Waals surface area contributed by atoms with E-state index in [4.69, 9.17) is 4.74 Å². The number of carbonyl (C=O) groups excluding carboxylic acids is 1. The van der Waals surface area contributed by atoms with Gasteiger partial charge in [0.25, 0.3) is 0 Å². The van der Waals surface area contributed by atoms with Crippen molar-refractivity contribution in [3.8, 4) is 0 Å². The lowest BCUT2D eigenvalue weighted by molar-refractivity contribution is -0.129. The molecule has 2 heteroatoms. The SMILES string of the molecule is COCC[C@H](C)CC[C@]1(C)C(=O)C2CC2[C@H]1C. The molecule has 2 aliphatic carbocycles. The average Bonchev–Trinajstić information content (AvgIpc) is 3.07. The zero-order chi connectivity index (χ0) is 12.6. The molecule has 0 amide bonds. The van der Waals surface area contributed by atoms with Gasteiger partial charge >= 0.3 is 0 Å². The molecule has 2 unspecified atom stereocenters. The molecule has 0 N–H and O–H groups in total. The molecule has 2 saturated carbocycles. The third-order valence-corrected chi connectivity index (χ3v) is 5.36. The van der Waals surface area contributed by atoms with Gasteiger partial charge in [0.2, 0.25) is 0 Å². The standard InChI is InChI=1S/C15H26O2/c1-10(6-8-17-4)5-7-15(3)11(2)12-9-13(12)14(15)16/h10-13H,5-9H2,1-4H3/t10-,11-,12?,13?,15+/m1/s1. The van der Waals surface area contributed by atoms with E-state index in [2.05, 4.69) is 20.8 Å². The van der Waals surface area contributed by atoms with Gasteiger partial charge in [-0.25, -0.2) is 0 Å². The molecule has 2 rings (SSSR count). The van der Waals surface area contributed by atoms with Crippen LogP contribution in [0.2, 0.25) is 0 Å². The van der Waals surface area contributed by atoms with Crippen LogP contribution in [0.1, 0.15) is 46.5 Å². The Morgan fingerprint density at radius 2 is 2.18 bits per heavy atom. The third kappa shape index (κ3) is 2.29. The maximum atomic E-state index is 12.3. The lowest BCUT2D eigenvalue weighted by atomic mass is 9.72. The molecule has 0 saturated heterocycles. The van der Waals surface area contributed by atoms with E-state index in [1.54, 1.807) is 7.11 Å². The molecule has 0 aromatic carbocycles. The van der Waals surface area contributed by atoms with Crippen LogP contribution in [0.4, 0.5) is 0 Å². The van der Waals surface area contributed by atoms with Crippen molar-refractivity contribution in [2.75, 3.05) is 13.7 Å². The van der Waals surface area contributed by atoms with Crippen LogP contribution in [-0.4, -0.2) is 19.5 Å². The fourth-order valence-corrected chi connectivity index (χ4v) is 3.55. The Bertz CT molecular complexity index is 299. The molecule has 98 valence electrons. The van der Waals surface area contributed by atoms with Gasteiger partial charge < -0.3 is 4.74 Å². The second-order valence-corrected chi connectivity index (χ2v) is 6.50. The average molecular weight is 238 g/mol. The minimum atomic E-state index is -0.0189. The highest BCUT2D eigenvalue weighted by molar-refractivity contribution is 5.92. The Labute approximate surface area is 105 Å². The van der Waals surface area contributed by atoms with E-state index in [-0.39, 0.29) is 5.41 Å². The molecule has 0 aromatic heterocycles. The normalized spacial score (nSPS) is 41.4. The molecule has 0 radical (unpaired) electrons. The number of ketones is 1. The number of Topliss-reactive ketones (excluding diaryl/α,β-unsaturated/α-hetero) is 1. The summed E-state index contributed by atoms with van der Waals surface area (Å²) < 4.78 is 5.11. The van der Waals surface area contributed by atoms with E-state index in [9.17, 15) is 4.79 Å². The number of fused-ring (bicyclic) bond motifs is 1. The first-order valence-corrected chi connectivity index (χ1v) is 7.04. The maximum absolute atomic E-state index is 12.3. The summed E-state index contributed by atoms with van der Waals surface area (Å²) >= 11 is 0. The predicted octanol–water partition coefficient (Wildman–Crippen LogP) is 3.30. The second-order valence-electron chi connectivity index (χ2n) is 6.50. The van der Waals surface area contributed by atoms with Crippen LogP contribution in [0.25, 0.3) is 0 Å². The summed E-state index contributed by atoms with van der Waals surface area (Å²) in [6.07, 6.45) is 4.52. The number of methoxy groups -OCH3 is 1. The van der Waals surface area contributed by atoms with E-state index in [0.717, 1.165) is 31.8 Å². The van der Waals surface area contributed by atoms with Crippen molar-refractivity contribution in [2.45, 2.75) is 46.5 Å². The predicted molar refractivity (Wildman–Crippen MR) is 68.8 cm³/mol. The van der Waals surface area contributed by atoms with Crippen LogP contribution in [0.15, 0.2) is 0 Å². The van der Waals surface area contributed by atoms with Crippen LogP contribution < -0.4 is 0 Å². The number of hydrogen-bond donors (Lipinski definition) is 0. The highest BCUT2D eigenvalue weighted by atomic mass is 16.5. The number of rotatable bonds is 6. The Hall–Kier alpha value is -0.370. The van der Waals surface area contributed by atoms with Crippen molar-refractivity contribution in [3.63, 3.8) is 0 Å². The van der Waals surface area contributed by atoms with Gasteiger partial charge in [0.1, 0.15) is 5.78 Å². The van der Waals surface area contributed by atoms with Crippen molar-refractivity contribution in [2.24, 2.45) is 29.1 Å². The van der Waals surface area contributed by atoms with Gasteiger partial charge in [-0.1, -0.05) is 20.8 Å². The summed E-state index contributed by atoms with van der Waals surface area (Å²) in [5.41, 5.74) is -0.0189.